The minimum Gasteiger partial charge on any atom is -0.348 e. The molecule has 0 radical (unpaired) electrons. The zero-order valence-corrected chi connectivity index (χ0v) is 11.2. The predicted molar refractivity (Wildman–Crippen MR) is 73.1 cm³/mol. The average molecular weight is 250 g/mol. The second kappa shape index (κ2) is 6.00. The number of nitrogens with zero attached hydrogens (tertiary/aromatic N) is 3. The van der Waals surface area contributed by atoms with Gasteiger partial charge in [0.25, 0.3) is 5.56 Å². The van der Waals surface area contributed by atoms with E-state index >= 15 is 0 Å². The standard InChI is InChI=1S/C13H22N4O/c1-3-8-17(11-5-6-14-10-11)12-13(18)16(4-2)9-7-15-12/h7,9,11,14H,3-6,8,10H2,1-2H3. The molecule has 1 saturated heterocycles. The third-order valence-corrected chi connectivity index (χ3v) is 3.45. The molecule has 0 amide bonds. The number of rotatable bonds is 5. The lowest BCUT2D eigenvalue weighted by molar-refractivity contribution is 0.604. The molecule has 1 atom stereocenters. The monoisotopic (exact) mass is 250 g/mol. The van der Waals surface area contributed by atoms with Gasteiger partial charge in [0.05, 0.1) is 0 Å². The first-order chi connectivity index (χ1) is 8.77. The van der Waals surface area contributed by atoms with Crippen molar-refractivity contribution in [3.63, 3.8) is 0 Å². The second-order valence-electron chi connectivity index (χ2n) is 4.68. The van der Waals surface area contributed by atoms with Crippen LogP contribution in [0.3, 0.4) is 0 Å². The molecule has 5 heteroatoms. The van der Waals surface area contributed by atoms with E-state index < -0.39 is 0 Å². The van der Waals surface area contributed by atoms with Gasteiger partial charge in [0.15, 0.2) is 5.82 Å². The van der Waals surface area contributed by atoms with E-state index in [9.17, 15) is 4.79 Å². The Morgan fingerprint density at radius 2 is 2.39 bits per heavy atom. The van der Waals surface area contributed by atoms with E-state index in [4.69, 9.17) is 0 Å². The molecular weight excluding hydrogens is 228 g/mol. The summed E-state index contributed by atoms with van der Waals surface area (Å²) in [6.07, 6.45) is 5.59. The Balaban J connectivity index is 2.32. The van der Waals surface area contributed by atoms with Crippen LogP contribution < -0.4 is 15.8 Å². The highest BCUT2D eigenvalue weighted by Gasteiger charge is 2.24. The van der Waals surface area contributed by atoms with Gasteiger partial charge in [-0.2, -0.15) is 0 Å². The molecule has 2 heterocycles. The van der Waals surface area contributed by atoms with Gasteiger partial charge in [0, 0.05) is 38.1 Å². The van der Waals surface area contributed by atoms with Crippen LogP contribution in [0.2, 0.25) is 0 Å². The van der Waals surface area contributed by atoms with Gasteiger partial charge in [-0.15, -0.1) is 0 Å². The number of hydrogen-bond acceptors (Lipinski definition) is 4. The molecule has 1 aromatic heterocycles. The van der Waals surface area contributed by atoms with Crippen molar-refractivity contribution in [1.82, 2.24) is 14.9 Å². The highest BCUT2D eigenvalue weighted by atomic mass is 16.1. The highest BCUT2D eigenvalue weighted by Crippen LogP contribution is 2.14. The highest BCUT2D eigenvalue weighted by molar-refractivity contribution is 5.37. The molecule has 1 N–H and O–H groups in total. The van der Waals surface area contributed by atoms with Crippen molar-refractivity contribution in [2.75, 3.05) is 24.5 Å². The van der Waals surface area contributed by atoms with Crippen LogP contribution in [0.1, 0.15) is 26.7 Å². The van der Waals surface area contributed by atoms with Gasteiger partial charge in [-0.25, -0.2) is 4.98 Å². The smallest absolute Gasteiger partial charge is 0.293 e. The van der Waals surface area contributed by atoms with Crippen LogP contribution in [0.4, 0.5) is 5.82 Å². The molecule has 0 aromatic carbocycles. The van der Waals surface area contributed by atoms with Gasteiger partial charge in [0.2, 0.25) is 0 Å². The van der Waals surface area contributed by atoms with Crippen molar-refractivity contribution in [3.05, 3.63) is 22.7 Å². The van der Waals surface area contributed by atoms with Crippen LogP contribution in [0.15, 0.2) is 17.2 Å². The van der Waals surface area contributed by atoms with Gasteiger partial charge in [-0.1, -0.05) is 6.92 Å². The van der Waals surface area contributed by atoms with Crippen LogP contribution in [-0.4, -0.2) is 35.2 Å². The maximum Gasteiger partial charge on any atom is 0.293 e. The van der Waals surface area contributed by atoms with Crippen LogP contribution in [0.5, 0.6) is 0 Å². The Labute approximate surface area is 108 Å². The summed E-state index contributed by atoms with van der Waals surface area (Å²) in [5, 5.41) is 3.35. The molecule has 0 bridgehead atoms. The van der Waals surface area contributed by atoms with Crippen molar-refractivity contribution >= 4 is 5.82 Å². The van der Waals surface area contributed by atoms with E-state index in [2.05, 4.69) is 22.1 Å². The summed E-state index contributed by atoms with van der Waals surface area (Å²) in [4.78, 5) is 18.8. The molecule has 0 saturated carbocycles. The number of hydrogen-bond donors (Lipinski definition) is 1. The molecule has 0 spiro atoms. The minimum atomic E-state index is 0.0281. The van der Waals surface area contributed by atoms with Crippen molar-refractivity contribution in [2.24, 2.45) is 0 Å². The van der Waals surface area contributed by atoms with Gasteiger partial charge in [-0.05, 0) is 26.3 Å². The van der Waals surface area contributed by atoms with Gasteiger partial charge in [-0.3, -0.25) is 4.79 Å². The summed E-state index contributed by atoms with van der Waals surface area (Å²) in [7, 11) is 0. The molecule has 5 nitrogen and oxygen atoms in total. The Kier molecular flexibility index (Phi) is 4.36. The Hall–Kier alpha value is -1.36. The Morgan fingerprint density at radius 1 is 1.56 bits per heavy atom. The fourth-order valence-electron chi connectivity index (χ4n) is 2.49. The lowest BCUT2D eigenvalue weighted by atomic mass is 10.2. The molecule has 0 aliphatic carbocycles. The minimum absolute atomic E-state index is 0.0281. The molecule has 1 fully saturated rings. The van der Waals surface area contributed by atoms with Crippen molar-refractivity contribution in [3.8, 4) is 0 Å². The number of aryl methyl sites for hydroxylation is 1. The first kappa shape index (κ1) is 13.1. The van der Waals surface area contributed by atoms with E-state index in [0.717, 1.165) is 32.5 Å². The average Bonchev–Trinajstić information content (AvgIpc) is 2.90. The summed E-state index contributed by atoms with van der Waals surface area (Å²) < 4.78 is 1.72. The maximum atomic E-state index is 12.3. The summed E-state index contributed by atoms with van der Waals surface area (Å²) in [6, 6.07) is 0.401. The third-order valence-electron chi connectivity index (χ3n) is 3.45. The van der Waals surface area contributed by atoms with Crippen molar-refractivity contribution < 1.29 is 0 Å². The van der Waals surface area contributed by atoms with Crippen LogP contribution in [0.25, 0.3) is 0 Å². The van der Waals surface area contributed by atoms with E-state index in [1.807, 2.05) is 6.92 Å². The molecule has 1 aliphatic rings. The fourth-order valence-corrected chi connectivity index (χ4v) is 2.49. The summed E-state index contributed by atoms with van der Waals surface area (Å²) in [5.74, 6) is 0.606. The molecule has 1 unspecified atom stereocenters. The molecule has 18 heavy (non-hydrogen) atoms. The fraction of sp³-hybridized carbons (Fsp3) is 0.692. The van der Waals surface area contributed by atoms with E-state index in [0.29, 0.717) is 18.4 Å². The summed E-state index contributed by atoms with van der Waals surface area (Å²) in [6.45, 7) is 7.67. The lowest BCUT2D eigenvalue weighted by Gasteiger charge is -2.28. The van der Waals surface area contributed by atoms with E-state index in [-0.39, 0.29) is 5.56 Å². The Morgan fingerprint density at radius 3 is 3.00 bits per heavy atom. The number of nitrogens with one attached hydrogen (secondary N) is 1. The number of anilines is 1. The van der Waals surface area contributed by atoms with Gasteiger partial charge >= 0.3 is 0 Å². The molecule has 1 aliphatic heterocycles. The van der Waals surface area contributed by atoms with Crippen molar-refractivity contribution in [1.29, 1.82) is 0 Å². The topological polar surface area (TPSA) is 50.2 Å². The largest absolute Gasteiger partial charge is 0.348 e. The van der Waals surface area contributed by atoms with Crippen molar-refractivity contribution in [2.45, 2.75) is 39.3 Å². The lowest BCUT2D eigenvalue weighted by Crippen LogP contribution is -2.42. The predicted octanol–water partition coefficient (Wildman–Crippen LogP) is 0.841. The normalized spacial score (nSPS) is 19.1. The molecular formula is C13H22N4O. The molecule has 1 aromatic rings. The third kappa shape index (κ3) is 2.56. The van der Waals surface area contributed by atoms with Gasteiger partial charge in [0.1, 0.15) is 0 Å². The zero-order chi connectivity index (χ0) is 13.0. The van der Waals surface area contributed by atoms with Gasteiger partial charge < -0.3 is 14.8 Å². The first-order valence-corrected chi connectivity index (χ1v) is 6.80. The van der Waals surface area contributed by atoms with Crippen LogP contribution in [-0.2, 0) is 6.54 Å². The van der Waals surface area contributed by atoms with E-state index in [1.165, 1.54) is 0 Å². The summed E-state index contributed by atoms with van der Waals surface area (Å²) in [5.41, 5.74) is 0.0281. The first-order valence-electron chi connectivity index (χ1n) is 6.80. The second-order valence-corrected chi connectivity index (χ2v) is 4.68. The SMILES string of the molecule is CCCN(c1nccn(CC)c1=O)C1CCNC1. The molecule has 2 rings (SSSR count). The number of aromatic nitrogens is 2. The van der Waals surface area contributed by atoms with Crippen LogP contribution in [0, 0.1) is 0 Å². The van der Waals surface area contributed by atoms with E-state index in [1.54, 1.807) is 17.0 Å². The van der Waals surface area contributed by atoms with Crippen LogP contribution >= 0.6 is 0 Å². The summed E-state index contributed by atoms with van der Waals surface area (Å²) >= 11 is 0. The molecule has 100 valence electrons. The zero-order valence-electron chi connectivity index (χ0n) is 11.2. The Bertz CT molecular complexity index is 437. The quantitative estimate of drug-likeness (QED) is 0.841. The maximum absolute atomic E-state index is 12.3.